The molecule has 3 N–H and O–H groups in total. The first-order chi connectivity index (χ1) is 8.30. The standard InChI is InChI=1S/C10H15N3O5/c1-3-10(2)8(17)13(9(18)12-10)5-6(14)11-4-7(15)16/h3-5H2,1-2H3,(H,11,14)(H,12,18)(H,15,16). The van der Waals surface area contributed by atoms with E-state index >= 15 is 0 Å². The second kappa shape index (κ2) is 5.03. The maximum atomic E-state index is 11.9. The summed E-state index contributed by atoms with van der Waals surface area (Å²) in [5.41, 5.74) is -0.996. The number of urea groups is 1. The van der Waals surface area contributed by atoms with Gasteiger partial charge in [0.15, 0.2) is 0 Å². The molecule has 8 heteroatoms. The first-order valence-corrected chi connectivity index (χ1v) is 5.42. The number of hydrogen-bond acceptors (Lipinski definition) is 4. The first-order valence-electron chi connectivity index (χ1n) is 5.42. The van der Waals surface area contributed by atoms with E-state index in [4.69, 9.17) is 5.11 Å². The molecule has 0 aromatic rings. The van der Waals surface area contributed by atoms with Crippen molar-refractivity contribution in [2.24, 2.45) is 0 Å². The second-order valence-corrected chi connectivity index (χ2v) is 4.18. The molecule has 8 nitrogen and oxygen atoms in total. The SMILES string of the molecule is CCC1(C)NC(=O)N(CC(=O)NCC(=O)O)C1=O. The summed E-state index contributed by atoms with van der Waals surface area (Å²) >= 11 is 0. The van der Waals surface area contributed by atoms with Crippen LogP contribution in [0.15, 0.2) is 0 Å². The van der Waals surface area contributed by atoms with Crippen LogP contribution in [0.5, 0.6) is 0 Å². The summed E-state index contributed by atoms with van der Waals surface area (Å²) in [6, 6.07) is -0.644. The van der Waals surface area contributed by atoms with Gasteiger partial charge in [0, 0.05) is 0 Å². The summed E-state index contributed by atoms with van der Waals surface area (Å²) in [5.74, 6) is -2.37. The summed E-state index contributed by atoms with van der Waals surface area (Å²) in [4.78, 5) is 45.8. The number of nitrogens with zero attached hydrogens (tertiary/aromatic N) is 1. The van der Waals surface area contributed by atoms with Gasteiger partial charge in [-0.15, -0.1) is 0 Å². The smallest absolute Gasteiger partial charge is 0.325 e. The molecule has 1 aliphatic heterocycles. The van der Waals surface area contributed by atoms with Crippen molar-refractivity contribution in [1.29, 1.82) is 0 Å². The molecule has 0 aliphatic carbocycles. The van der Waals surface area contributed by atoms with Gasteiger partial charge in [-0.1, -0.05) is 6.92 Å². The van der Waals surface area contributed by atoms with E-state index in [-0.39, 0.29) is 0 Å². The van der Waals surface area contributed by atoms with Gasteiger partial charge in [-0.2, -0.15) is 0 Å². The largest absolute Gasteiger partial charge is 0.480 e. The number of amides is 4. The molecule has 1 atom stereocenters. The number of carboxylic acids is 1. The number of carboxylic acid groups (broad SMARTS) is 1. The molecule has 1 unspecified atom stereocenters. The number of hydrogen-bond donors (Lipinski definition) is 3. The third-order valence-electron chi connectivity index (χ3n) is 2.79. The zero-order valence-electron chi connectivity index (χ0n) is 10.1. The Morgan fingerprint density at radius 1 is 1.44 bits per heavy atom. The van der Waals surface area contributed by atoms with E-state index in [1.165, 1.54) is 0 Å². The monoisotopic (exact) mass is 257 g/mol. The fraction of sp³-hybridized carbons (Fsp3) is 0.600. The van der Waals surface area contributed by atoms with Crippen molar-refractivity contribution in [2.45, 2.75) is 25.8 Å². The van der Waals surface area contributed by atoms with Crippen molar-refractivity contribution < 1.29 is 24.3 Å². The van der Waals surface area contributed by atoms with Crippen LogP contribution in [-0.2, 0) is 14.4 Å². The van der Waals surface area contributed by atoms with Crippen LogP contribution in [0.4, 0.5) is 4.79 Å². The number of rotatable bonds is 5. The van der Waals surface area contributed by atoms with E-state index < -0.39 is 42.4 Å². The fourth-order valence-corrected chi connectivity index (χ4v) is 1.50. The van der Waals surface area contributed by atoms with Crippen LogP contribution in [0.2, 0.25) is 0 Å². The molecule has 0 bridgehead atoms. The van der Waals surface area contributed by atoms with Crippen LogP contribution in [0.3, 0.4) is 0 Å². The third kappa shape index (κ3) is 2.76. The second-order valence-electron chi connectivity index (χ2n) is 4.18. The summed E-state index contributed by atoms with van der Waals surface area (Å²) in [5, 5.41) is 12.9. The van der Waals surface area contributed by atoms with Crippen LogP contribution in [-0.4, -0.2) is 52.4 Å². The van der Waals surface area contributed by atoms with Crippen LogP contribution in [0, 0.1) is 0 Å². The predicted molar refractivity (Wildman–Crippen MR) is 59.6 cm³/mol. The Labute approximate surface area is 103 Å². The minimum Gasteiger partial charge on any atom is -0.480 e. The van der Waals surface area contributed by atoms with Gasteiger partial charge in [0.25, 0.3) is 5.91 Å². The number of aliphatic carboxylic acids is 1. The fourth-order valence-electron chi connectivity index (χ4n) is 1.50. The van der Waals surface area contributed by atoms with Crippen LogP contribution < -0.4 is 10.6 Å². The number of carbonyl (C=O) groups excluding carboxylic acids is 3. The zero-order chi connectivity index (χ0) is 13.9. The van der Waals surface area contributed by atoms with Gasteiger partial charge in [0.05, 0.1) is 0 Å². The molecule has 0 radical (unpaired) electrons. The Morgan fingerprint density at radius 2 is 2.06 bits per heavy atom. The highest BCUT2D eigenvalue weighted by molar-refractivity contribution is 6.08. The summed E-state index contributed by atoms with van der Waals surface area (Å²) in [6.45, 7) is 2.29. The minimum absolute atomic E-state index is 0.408. The predicted octanol–water partition coefficient (Wildman–Crippen LogP) is -1.09. The lowest BCUT2D eigenvalue weighted by atomic mass is 9.99. The van der Waals surface area contributed by atoms with Crippen molar-refractivity contribution in [3.63, 3.8) is 0 Å². The molecule has 100 valence electrons. The highest BCUT2D eigenvalue weighted by Crippen LogP contribution is 2.20. The minimum atomic E-state index is -1.20. The lowest BCUT2D eigenvalue weighted by Crippen LogP contribution is -2.45. The molecule has 1 rings (SSSR count). The van der Waals surface area contributed by atoms with E-state index in [1.54, 1.807) is 13.8 Å². The Balaban J connectivity index is 2.63. The van der Waals surface area contributed by atoms with E-state index in [0.717, 1.165) is 4.90 Å². The normalized spacial score (nSPS) is 22.9. The number of imide groups is 1. The Morgan fingerprint density at radius 3 is 2.50 bits per heavy atom. The third-order valence-corrected chi connectivity index (χ3v) is 2.79. The van der Waals surface area contributed by atoms with Crippen molar-refractivity contribution in [1.82, 2.24) is 15.5 Å². The average Bonchev–Trinajstić information content (AvgIpc) is 2.51. The van der Waals surface area contributed by atoms with E-state index in [0.29, 0.717) is 6.42 Å². The molecule has 1 saturated heterocycles. The molecule has 18 heavy (non-hydrogen) atoms. The summed E-state index contributed by atoms with van der Waals surface area (Å²) < 4.78 is 0. The lowest BCUT2D eigenvalue weighted by Gasteiger charge is -2.18. The molecule has 0 saturated carbocycles. The van der Waals surface area contributed by atoms with Gasteiger partial charge in [-0.25, -0.2) is 4.79 Å². The molecule has 0 aromatic heterocycles. The Hall–Kier alpha value is -2.12. The molecule has 1 heterocycles. The molecular formula is C10H15N3O5. The first kappa shape index (κ1) is 13.9. The van der Waals surface area contributed by atoms with Crippen molar-refractivity contribution in [2.75, 3.05) is 13.1 Å². The molecule has 0 spiro atoms. The van der Waals surface area contributed by atoms with Gasteiger partial charge < -0.3 is 15.7 Å². The molecule has 0 aromatic carbocycles. The molecular weight excluding hydrogens is 242 g/mol. The number of nitrogens with one attached hydrogen (secondary N) is 2. The van der Waals surface area contributed by atoms with Crippen LogP contribution in [0.1, 0.15) is 20.3 Å². The van der Waals surface area contributed by atoms with Gasteiger partial charge in [-0.05, 0) is 13.3 Å². The van der Waals surface area contributed by atoms with Crippen molar-refractivity contribution in [3.8, 4) is 0 Å². The highest BCUT2D eigenvalue weighted by atomic mass is 16.4. The van der Waals surface area contributed by atoms with E-state index in [2.05, 4.69) is 10.6 Å². The summed E-state index contributed by atoms with van der Waals surface area (Å²) in [7, 11) is 0. The van der Waals surface area contributed by atoms with Crippen LogP contribution >= 0.6 is 0 Å². The van der Waals surface area contributed by atoms with Crippen molar-refractivity contribution >= 4 is 23.8 Å². The van der Waals surface area contributed by atoms with E-state index in [9.17, 15) is 19.2 Å². The molecule has 1 fully saturated rings. The quantitative estimate of drug-likeness (QED) is 0.541. The Bertz CT molecular complexity index is 408. The maximum Gasteiger partial charge on any atom is 0.325 e. The van der Waals surface area contributed by atoms with Gasteiger partial charge in [0.1, 0.15) is 18.6 Å². The highest BCUT2D eigenvalue weighted by Gasteiger charge is 2.46. The van der Waals surface area contributed by atoms with E-state index in [1.807, 2.05) is 0 Å². The topological polar surface area (TPSA) is 116 Å². The maximum absolute atomic E-state index is 11.9. The molecule has 4 amide bonds. The van der Waals surface area contributed by atoms with Crippen molar-refractivity contribution in [3.05, 3.63) is 0 Å². The van der Waals surface area contributed by atoms with Crippen LogP contribution in [0.25, 0.3) is 0 Å². The van der Waals surface area contributed by atoms with Gasteiger partial charge in [-0.3, -0.25) is 19.3 Å². The number of carbonyl (C=O) groups is 4. The van der Waals surface area contributed by atoms with Gasteiger partial charge in [0.2, 0.25) is 5.91 Å². The summed E-state index contributed by atoms with van der Waals surface area (Å²) in [6.07, 6.45) is 0.408. The van der Waals surface area contributed by atoms with Gasteiger partial charge >= 0.3 is 12.0 Å². The zero-order valence-corrected chi connectivity index (χ0v) is 10.1. The Kier molecular flexibility index (Phi) is 3.89. The average molecular weight is 257 g/mol. The lowest BCUT2D eigenvalue weighted by molar-refractivity contribution is -0.138. The molecule has 1 aliphatic rings.